The van der Waals surface area contributed by atoms with Gasteiger partial charge < -0.3 is 25.1 Å². The topological polar surface area (TPSA) is 121 Å². The van der Waals surface area contributed by atoms with Crippen molar-refractivity contribution in [1.82, 2.24) is 19.9 Å². The van der Waals surface area contributed by atoms with Gasteiger partial charge in [-0.3, -0.25) is 19.5 Å². The first-order valence-electron chi connectivity index (χ1n) is 11.8. The van der Waals surface area contributed by atoms with E-state index in [1.54, 1.807) is 30.6 Å². The van der Waals surface area contributed by atoms with Gasteiger partial charge in [0.2, 0.25) is 17.7 Å². The lowest BCUT2D eigenvalue weighted by Gasteiger charge is -2.42. The monoisotopic (exact) mass is 522 g/mol. The van der Waals surface area contributed by atoms with E-state index in [4.69, 9.17) is 21.1 Å². The number of amides is 2. The first-order valence-corrected chi connectivity index (χ1v) is 12.1. The first-order chi connectivity index (χ1) is 17.7. The largest absolute Gasteiger partial charge is 0.481 e. The molecule has 2 amide bonds. The SMILES string of the molecule is COc1ccc(NC(=O)CN2CC(C)(C)OCC2C(=O)Nc2cc(Cl)cc3c2[nH]c2cnccc23)cn1. The van der Waals surface area contributed by atoms with Crippen LogP contribution in [0.25, 0.3) is 21.8 Å². The Hall–Kier alpha value is -3.73. The van der Waals surface area contributed by atoms with Crippen LogP contribution < -0.4 is 15.4 Å². The smallest absolute Gasteiger partial charge is 0.244 e. The van der Waals surface area contributed by atoms with Crippen LogP contribution in [-0.4, -0.2) is 70.1 Å². The molecule has 11 heteroatoms. The summed E-state index contributed by atoms with van der Waals surface area (Å²) >= 11 is 6.40. The summed E-state index contributed by atoms with van der Waals surface area (Å²) in [5.74, 6) is -0.114. The number of H-pyrrole nitrogens is 1. The lowest BCUT2D eigenvalue weighted by Crippen LogP contribution is -2.59. The molecular formula is C26H27ClN6O4. The van der Waals surface area contributed by atoms with Gasteiger partial charge in [-0.05, 0) is 38.1 Å². The Bertz CT molecular complexity index is 1470. The van der Waals surface area contributed by atoms with E-state index in [1.807, 2.05) is 30.9 Å². The molecule has 1 saturated heterocycles. The molecule has 1 aromatic carbocycles. The Kier molecular flexibility index (Phi) is 6.72. The summed E-state index contributed by atoms with van der Waals surface area (Å²) in [6.07, 6.45) is 4.95. The molecule has 1 aliphatic heterocycles. The van der Waals surface area contributed by atoms with Crippen LogP contribution in [0.1, 0.15) is 13.8 Å². The number of pyridine rings is 2. The normalized spacial score (nSPS) is 17.6. The molecule has 4 heterocycles. The number of methoxy groups -OCH3 is 1. The third-order valence-electron chi connectivity index (χ3n) is 6.27. The molecule has 4 aromatic rings. The molecule has 5 rings (SSSR count). The summed E-state index contributed by atoms with van der Waals surface area (Å²) in [6, 6.07) is 8.13. The van der Waals surface area contributed by atoms with E-state index in [-0.39, 0.29) is 25.0 Å². The molecule has 0 radical (unpaired) electrons. The number of morpholine rings is 1. The minimum atomic E-state index is -0.687. The molecule has 10 nitrogen and oxygen atoms in total. The Morgan fingerprint density at radius 3 is 2.81 bits per heavy atom. The number of carbonyl (C=O) groups excluding carboxylic acids is 2. The number of benzene rings is 1. The van der Waals surface area contributed by atoms with Crippen LogP contribution in [-0.2, 0) is 14.3 Å². The number of nitrogens with one attached hydrogen (secondary N) is 3. The number of rotatable bonds is 6. The van der Waals surface area contributed by atoms with Gasteiger partial charge in [-0.25, -0.2) is 4.98 Å². The lowest BCUT2D eigenvalue weighted by molar-refractivity contribution is -0.145. The maximum Gasteiger partial charge on any atom is 0.244 e. The molecule has 0 saturated carbocycles. The fourth-order valence-electron chi connectivity index (χ4n) is 4.55. The molecule has 0 bridgehead atoms. The average molecular weight is 523 g/mol. The van der Waals surface area contributed by atoms with Crippen LogP contribution >= 0.6 is 11.6 Å². The van der Waals surface area contributed by atoms with Gasteiger partial charge in [0.25, 0.3) is 0 Å². The zero-order chi connectivity index (χ0) is 26.2. The van der Waals surface area contributed by atoms with Gasteiger partial charge in [-0.1, -0.05) is 11.6 Å². The number of ether oxygens (including phenoxy) is 2. The van der Waals surface area contributed by atoms with Crippen molar-refractivity contribution in [3.05, 3.63) is 53.9 Å². The number of carbonyl (C=O) groups is 2. The van der Waals surface area contributed by atoms with Gasteiger partial charge in [-0.15, -0.1) is 0 Å². The highest BCUT2D eigenvalue weighted by molar-refractivity contribution is 6.33. The quantitative estimate of drug-likeness (QED) is 0.352. The molecule has 3 N–H and O–H groups in total. The first kappa shape index (κ1) is 24.9. The van der Waals surface area contributed by atoms with Gasteiger partial charge in [0.1, 0.15) is 6.04 Å². The second-order valence-electron chi connectivity index (χ2n) is 9.54. The third kappa shape index (κ3) is 5.36. The number of fused-ring (bicyclic) bond motifs is 3. The zero-order valence-corrected chi connectivity index (χ0v) is 21.4. The van der Waals surface area contributed by atoms with E-state index >= 15 is 0 Å². The number of aromatic nitrogens is 3. The molecule has 192 valence electrons. The molecule has 1 atom stereocenters. The molecule has 3 aromatic heterocycles. The van der Waals surface area contributed by atoms with E-state index in [9.17, 15) is 9.59 Å². The molecule has 1 fully saturated rings. The third-order valence-corrected chi connectivity index (χ3v) is 6.49. The summed E-state index contributed by atoms with van der Waals surface area (Å²) < 4.78 is 11.0. The second kappa shape index (κ2) is 9.97. The Morgan fingerprint density at radius 2 is 2.05 bits per heavy atom. The van der Waals surface area contributed by atoms with Crippen LogP contribution in [0.2, 0.25) is 5.02 Å². The summed E-state index contributed by atoms with van der Waals surface area (Å²) in [6.45, 7) is 4.38. The second-order valence-corrected chi connectivity index (χ2v) is 9.98. The number of aromatic amines is 1. The van der Waals surface area contributed by atoms with E-state index < -0.39 is 11.6 Å². The van der Waals surface area contributed by atoms with Crippen LogP contribution in [0.4, 0.5) is 11.4 Å². The number of halogens is 1. The maximum atomic E-state index is 13.5. The van der Waals surface area contributed by atoms with E-state index in [2.05, 4.69) is 25.6 Å². The Morgan fingerprint density at radius 1 is 1.22 bits per heavy atom. The highest BCUT2D eigenvalue weighted by Gasteiger charge is 2.38. The fraction of sp³-hybridized carbons (Fsp3) is 0.308. The number of hydrogen-bond acceptors (Lipinski definition) is 7. The van der Waals surface area contributed by atoms with Crippen molar-refractivity contribution >= 4 is 56.6 Å². The predicted molar refractivity (Wildman–Crippen MR) is 142 cm³/mol. The summed E-state index contributed by atoms with van der Waals surface area (Å²) in [5.41, 5.74) is 2.14. The van der Waals surface area contributed by atoms with Crippen molar-refractivity contribution in [2.45, 2.75) is 25.5 Å². The summed E-state index contributed by atoms with van der Waals surface area (Å²) in [5, 5.41) is 8.15. The van der Waals surface area contributed by atoms with Crippen molar-refractivity contribution in [3.8, 4) is 5.88 Å². The number of hydrogen-bond donors (Lipinski definition) is 3. The van der Waals surface area contributed by atoms with Gasteiger partial charge in [0.05, 0.1) is 60.7 Å². The highest BCUT2D eigenvalue weighted by Crippen LogP contribution is 2.33. The Labute approximate surface area is 218 Å². The van der Waals surface area contributed by atoms with E-state index in [0.29, 0.717) is 28.8 Å². The molecule has 0 aliphatic carbocycles. The predicted octanol–water partition coefficient (Wildman–Crippen LogP) is 3.83. The van der Waals surface area contributed by atoms with Crippen LogP contribution in [0.5, 0.6) is 5.88 Å². The van der Waals surface area contributed by atoms with Gasteiger partial charge in [-0.2, -0.15) is 0 Å². The van der Waals surface area contributed by atoms with Crippen LogP contribution in [0, 0.1) is 0 Å². The molecule has 37 heavy (non-hydrogen) atoms. The standard InChI is InChI=1S/C26H27ClN6O4/c1-26(2)14-33(12-22(34)30-16-4-5-23(36-3)29-10-16)21(13-37-26)25(35)32-19-9-15(27)8-18-17-6-7-28-11-20(17)31-24(18)19/h4-11,21,31H,12-14H2,1-3H3,(H,30,34)(H,32,35). The average Bonchev–Trinajstić information content (AvgIpc) is 3.23. The van der Waals surface area contributed by atoms with Crippen molar-refractivity contribution in [1.29, 1.82) is 0 Å². The molecule has 1 aliphatic rings. The van der Waals surface area contributed by atoms with Gasteiger partial charge in [0, 0.05) is 34.6 Å². The zero-order valence-electron chi connectivity index (χ0n) is 20.7. The minimum Gasteiger partial charge on any atom is -0.481 e. The summed E-state index contributed by atoms with van der Waals surface area (Å²) in [4.78, 5) is 39.8. The van der Waals surface area contributed by atoms with Crippen molar-refractivity contribution in [3.63, 3.8) is 0 Å². The van der Waals surface area contributed by atoms with Crippen LogP contribution in [0.3, 0.4) is 0 Å². The Balaban J connectivity index is 1.36. The van der Waals surface area contributed by atoms with Gasteiger partial charge in [0.15, 0.2) is 0 Å². The number of nitrogens with zero attached hydrogens (tertiary/aromatic N) is 3. The fourth-order valence-corrected chi connectivity index (χ4v) is 4.77. The van der Waals surface area contributed by atoms with E-state index in [1.165, 1.54) is 13.3 Å². The van der Waals surface area contributed by atoms with Gasteiger partial charge >= 0.3 is 0 Å². The molecule has 0 spiro atoms. The highest BCUT2D eigenvalue weighted by atomic mass is 35.5. The molecule has 1 unspecified atom stereocenters. The lowest BCUT2D eigenvalue weighted by atomic mass is 10.0. The van der Waals surface area contributed by atoms with Crippen molar-refractivity contribution in [2.24, 2.45) is 0 Å². The van der Waals surface area contributed by atoms with Crippen LogP contribution in [0.15, 0.2) is 48.9 Å². The van der Waals surface area contributed by atoms with Crippen molar-refractivity contribution < 1.29 is 19.1 Å². The summed E-state index contributed by atoms with van der Waals surface area (Å²) in [7, 11) is 1.52. The van der Waals surface area contributed by atoms with E-state index in [0.717, 1.165) is 21.8 Å². The van der Waals surface area contributed by atoms with Crippen molar-refractivity contribution in [2.75, 3.05) is 37.4 Å². The minimum absolute atomic E-state index is 0.0000798. The number of anilines is 2. The maximum absolute atomic E-state index is 13.5. The molecular weight excluding hydrogens is 496 g/mol.